The molecule has 0 unspecified atom stereocenters. The van der Waals surface area contributed by atoms with E-state index in [4.69, 9.17) is 0 Å². The second-order valence-corrected chi connectivity index (χ2v) is 10.9. The highest BCUT2D eigenvalue weighted by Gasteiger charge is 2.34. The molecule has 0 heterocycles. The molecule has 0 aromatic heterocycles. The summed E-state index contributed by atoms with van der Waals surface area (Å²) in [6, 6.07) is 15.1. The number of aliphatic carboxylic acids is 1. The minimum Gasteiger partial charge on any atom is -0.480 e. The van der Waals surface area contributed by atoms with Crippen molar-refractivity contribution in [3.63, 3.8) is 0 Å². The Morgan fingerprint density at radius 3 is 1.78 bits per heavy atom. The number of hydrogen-bond donors (Lipinski definition) is 1. The summed E-state index contributed by atoms with van der Waals surface area (Å²) in [6.07, 6.45) is 0.0167. The standard InChI is InChI=1S/C27H27F2NO5S/c1-17(2)26(27(32)33)30(3)36(34,35)25-10-8-21(9-11-25)20-6-4-18(5-7-20)14-24(31)15-19-12-22(28)16-23(29)13-19/h4-13,16-17,26H,14-15H2,1-3H3,(H,32,33)/t26-/m0/s1. The number of carboxylic acids is 1. The van der Waals surface area contributed by atoms with Gasteiger partial charge in [-0.15, -0.1) is 0 Å². The first-order chi connectivity index (χ1) is 16.9. The lowest BCUT2D eigenvalue weighted by Crippen LogP contribution is -2.45. The van der Waals surface area contributed by atoms with Crippen molar-refractivity contribution in [3.8, 4) is 11.1 Å². The second-order valence-electron chi connectivity index (χ2n) is 8.94. The average Bonchev–Trinajstić information content (AvgIpc) is 2.78. The Bertz CT molecular complexity index is 1330. The molecule has 0 saturated carbocycles. The van der Waals surface area contributed by atoms with Crippen molar-refractivity contribution in [2.45, 2.75) is 37.6 Å². The van der Waals surface area contributed by atoms with Gasteiger partial charge in [-0.25, -0.2) is 17.2 Å². The number of Topliss-reactive ketones (excluding diaryl/α,β-unsaturated/α-hetero) is 1. The molecule has 1 N–H and O–H groups in total. The zero-order chi connectivity index (χ0) is 26.6. The van der Waals surface area contributed by atoms with Gasteiger partial charge >= 0.3 is 5.97 Å². The van der Waals surface area contributed by atoms with Gasteiger partial charge in [0, 0.05) is 26.0 Å². The summed E-state index contributed by atoms with van der Waals surface area (Å²) in [5.41, 5.74) is 2.54. The Morgan fingerprint density at radius 2 is 1.31 bits per heavy atom. The van der Waals surface area contributed by atoms with Crippen molar-refractivity contribution in [1.82, 2.24) is 4.31 Å². The van der Waals surface area contributed by atoms with Crippen LogP contribution in [0.4, 0.5) is 8.78 Å². The molecule has 0 amide bonds. The maximum atomic E-state index is 13.3. The molecule has 3 aromatic carbocycles. The lowest BCUT2D eigenvalue weighted by atomic mass is 9.99. The van der Waals surface area contributed by atoms with Crippen LogP contribution in [0.3, 0.4) is 0 Å². The Kier molecular flexibility index (Phi) is 8.37. The van der Waals surface area contributed by atoms with Crippen LogP contribution in [0.5, 0.6) is 0 Å². The van der Waals surface area contributed by atoms with Crippen LogP contribution >= 0.6 is 0 Å². The van der Waals surface area contributed by atoms with Gasteiger partial charge in [-0.2, -0.15) is 4.31 Å². The van der Waals surface area contributed by atoms with Crippen molar-refractivity contribution in [1.29, 1.82) is 0 Å². The zero-order valence-corrected chi connectivity index (χ0v) is 20.9. The van der Waals surface area contributed by atoms with Gasteiger partial charge in [0.05, 0.1) is 4.90 Å². The maximum Gasteiger partial charge on any atom is 0.322 e. The molecule has 1 atom stereocenters. The fourth-order valence-electron chi connectivity index (χ4n) is 4.04. The van der Waals surface area contributed by atoms with E-state index in [1.54, 1.807) is 50.2 Å². The first-order valence-corrected chi connectivity index (χ1v) is 12.7. The van der Waals surface area contributed by atoms with Gasteiger partial charge in [-0.3, -0.25) is 9.59 Å². The molecular formula is C27H27F2NO5S. The normalized spacial score (nSPS) is 12.6. The summed E-state index contributed by atoms with van der Waals surface area (Å²) in [7, 11) is -2.75. The summed E-state index contributed by atoms with van der Waals surface area (Å²) in [6.45, 7) is 3.29. The van der Waals surface area contributed by atoms with Crippen LogP contribution in [0, 0.1) is 17.6 Å². The van der Waals surface area contributed by atoms with Crippen molar-refractivity contribution in [3.05, 3.63) is 89.5 Å². The van der Waals surface area contributed by atoms with Crippen molar-refractivity contribution < 1.29 is 31.9 Å². The van der Waals surface area contributed by atoms with Gasteiger partial charge < -0.3 is 5.11 Å². The summed E-state index contributed by atoms with van der Waals surface area (Å²) in [5.74, 6) is -3.27. The van der Waals surface area contributed by atoms with Gasteiger partial charge in [-0.1, -0.05) is 50.2 Å². The summed E-state index contributed by atoms with van der Waals surface area (Å²) < 4.78 is 53.4. The molecule has 0 aliphatic rings. The molecule has 0 saturated heterocycles. The van der Waals surface area contributed by atoms with Crippen LogP contribution in [0.15, 0.2) is 71.6 Å². The fraction of sp³-hybridized carbons (Fsp3) is 0.259. The number of carbonyl (C=O) groups is 2. The quantitative estimate of drug-likeness (QED) is 0.422. The molecule has 0 bridgehead atoms. The first kappa shape index (κ1) is 27.2. The molecule has 3 rings (SSSR count). The lowest BCUT2D eigenvalue weighted by Gasteiger charge is -2.27. The number of nitrogens with zero attached hydrogens (tertiary/aromatic N) is 1. The zero-order valence-electron chi connectivity index (χ0n) is 20.1. The van der Waals surface area contributed by atoms with E-state index in [1.165, 1.54) is 19.2 Å². The maximum absolute atomic E-state index is 13.3. The second kappa shape index (κ2) is 11.1. The third-order valence-corrected chi connectivity index (χ3v) is 7.67. The van der Waals surface area contributed by atoms with E-state index >= 15 is 0 Å². The van der Waals surface area contributed by atoms with E-state index in [2.05, 4.69) is 0 Å². The van der Waals surface area contributed by atoms with Crippen LogP contribution in [0.25, 0.3) is 11.1 Å². The van der Waals surface area contributed by atoms with Crippen LogP contribution in [-0.2, 0) is 32.5 Å². The highest BCUT2D eigenvalue weighted by molar-refractivity contribution is 7.89. The highest BCUT2D eigenvalue weighted by atomic mass is 32.2. The number of halogens is 2. The smallest absolute Gasteiger partial charge is 0.322 e. The number of ketones is 1. The third-order valence-electron chi connectivity index (χ3n) is 5.82. The van der Waals surface area contributed by atoms with Gasteiger partial charge in [0.1, 0.15) is 23.5 Å². The van der Waals surface area contributed by atoms with Gasteiger partial charge in [0.15, 0.2) is 0 Å². The summed E-state index contributed by atoms with van der Waals surface area (Å²) >= 11 is 0. The number of sulfonamides is 1. The van der Waals surface area contributed by atoms with Crippen LogP contribution in [0.2, 0.25) is 0 Å². The molecule has 190 valence electrons. The van der Waals surface area contributed by atoms with Crippen molar-refractivity contribution in [2.75, 3.05) is 7.05 Å². The summed E-state index contributed by atoms with van der Waals surface area (Å²) in [4.78, 5) is 23.9. The van der Waals surface area contributed by atoms with Crippen molar-refractivity contribution in [2.24, 2.45) is 5.92 Å². The average molecular weight is 516 g/mol. The molecule has 0 aliphatic carbocycles. The predicted molar refractivity (Wildman–Crippen MR) is 132 cm³/mol. The number of carbonyl (C=O) groups excluding carboxylic acids is 1. The topological polar surface area (TPSA) is 91.8 Å². The predicted octanol–water partition coefficient (Wildman–Crippen LogP) is 4.72. The highest BCUT2D eigenvalue weighted by Crippen LogP contribution is 2.25. The van der Waals surface area contributed by atoms with Crippen molar-refractivity contribution >= 4 is 21.8 Å². The minimum atomic E-state index is -4.01. The molecule has 36 heavy (non-hydrogen) atoms. The molecule has 9 heteroatoms. The molecule has 6 nitrogen and oxygen atoms in total. The Morgan fingerprint density at radius 1 is 0.833 bits per heavy atom. The number of hydrogen-bond acceptors (Lipinski definition) is 4. The first-order valence-electron chi connectivity index (χ1n) is 11.3. The number of benzene rings is 3. The van der Waals surface area contributed by atoms with E-state index in [0.29, 0.717) is 0 Å². The molecule has 0 fully saturated rings. The third kappa shape index (κ3) is 6.41. The Hall–Kier alpha value is -3.43. The van der Waals surface area contributed by atoms with Gasteiger partial charge in [0.25, 0.3) is 0 Å². The molecule has 3 aromatic rings. The molecule has 0 radical (unpaired) electrons. The summed E-state index contributed by atoms with van der Waals surface area (Å²) in [5, 5.41) is 9.43. The van der Waals surface area contributed by atoms with E-state index in [9.17, 15) is 31.9 Å². The minimum absolute atomic E-state index is 0.0170. The van der Waals surface area contributed by atoms with Crippen LogP contribution in [-0.4, -0.2) is 42.7 Å². The SMILES string of the molecule is CC(C)[C@@H](C(=O)O)N(C)S(=O)(=O)c1ccc(-c2ccc(CC(=O)Cc3cc(F)cc(F)c3)cc2)cc1. The Labute approximate surface area is 209 Å². The van der Waals surface area contributed by atoms with Gasteiger partial charge in [-0.05, 0) is 52.4 Å². The van der Waals surface area contributed by atoms with E-state index in [0.717, 1.165) is 39.2 Å². The van der Waals surface area contributed by atoms with E-state index in [1.807, 2.05) is 0 Å². The fourth-order valence-corrected chi connectivity index (χ4v) is 5.49. The molecule has 0 aliphatic heterocycles. The van der Waals surface area contributed by atoms with E-state index in [-0.39, 0.29) is 29.1 Å². The number of rotatable bonds is 10. The van der Waals surface area contributed by atoms with Crippen LogP contribution in [0.1, 0.15) is 25.0 Å². The number of likely N-dealkylation sites (N-methyl/N-ethyl adjacent to an activating group) is 1. The molecular weight excluding hydrogens is 488 g/mol. The number of carboxylic acid groups (broad SMARTS) is 1. The van der Waals surface area contributed by atoms with Crippen LogP contribution < -0.4 is 0 Å². The van der Waals surface area contributed by atoms with Gasteiger partial charge in [0.2, 0.25) is 10.0 Å². The lowest BCUT2D eigenvalue weighted by molar-refractivity contribution is -0.142. The monoisotopic (exact) mass is 515 g/mol. The molecule has 0 spiro atoms. The Balaban J connectivity index is 1.70. The van der Waals surface area contributed by atoms with E-state index < -0.39 is 39.6 Å². The largest absolute Gasteiger partial charge is 0.480 e.